The number of amides is 1. The maximum atomic E-state index is 12.0. The zero-order valence-electron chi connectivity index (χ0n) is 12.2. The van der Waals surface area contributed by atoms with Crippen molar-refractivity contribution in [2.24, 2.45) is 11.8 Å². The second kappa shape index (κ2) is 5.04. The highest BCUT2D eigenvalue weighted by Gasteiger charge is 2.45. The largest absolute Gasteiger partial charge is 0.444 e. The van der Waals surface area contributed by atoms with Crippen LogP contribution in [-0.4, -0.2) is 55.5 Å². The van der Waals surface area contributed by atoms with Gasteiger partial charge in [-0.15, -0.1) is 0 Å². The lowest BCUT2D eigenvalue weighted by molar-refractivity contribution is 0.0279. The zero-order valence-corrected chi connectivity index (χ0v) is 13.0. The van der Waals surface area contributed by atoms with Gasteiger partial charge >= 0.3 is 6.09 Å². The highest BCUT2D eigenvalue weighted by atomic mass is 32.2. The monoisotopic (exact) mass is 302 g/mol. The molecule has 0 aromatic heterocycles. The molecule has 6 nitrogen and oxygen atoms in total. The lowest BCUT2D eigenvalue weighted by Gasteiger charge is -2.25. The van der Waals surface area contributed by atoms with Crippen molar-refractivity contribution >= 4 is 16.1 Å². The van der Waals surface area contributed by atoms with Gasteiger partial charge < -0.3 is 9.64 Å². The summed E-state index contributed by atoms with van der Waals surface area (Å²) in [6.45, 7) is 10.9. The van der Waals surface area contributed by atoms with Crippen LogP contribution in [0.5, 0.6) is 0 Å². The fourth-order valence-electron chi connectivity index (χ4n) is 2.74. The first-order chi connectivity index (χ1) is 9.12. The topological polar surface area (TPSA) is 66.9 Å². The molecule has 0 N–H and O–H groups in total. The summed E-state index contributed by atoms with van der Waals surface area (Å²) >= 11 is 0. The van der Waals surface area contributed by atoms with Crippen LogP contribution in [-0.2, 0) is 14.8 Å². The zero-order chi connectivity index (χ0) is 15.1. The van der Waals surface area contributed by atoms with E-state index >= 15 is 0 Å². The molecule has 2 fully saturated rings. The predicted octanol–water partition coefficient (Wildman–Crippen LogP) is 1.26. The van der Waals surface area contributed by atoms with Gasteiger partial charge in [-0.25, -0.2) is 13.2 Å². The Bertz CT molecular complexity index is 495. The van der Waals surface area contributed by atoms with Gasteiger partial charge in [0.25, 0.3) is 0 Å². The first-order valence-corrected chi connectivity index (χ1v) is 8.23. The van der Waals surface area contributed by atoms with Crippen LogP contribution >= 0.6 is 0 Å². The number of nitrogens with zero attached hydrogens (tertiary/aromatic N) is 2. The second-order valence-electron chi connectivity index (χ2n) is 6.43. The van der Waals surface area contributed by atoms with Crippen molar-refractivity contribution in [1.82, 2.24) is 9.21 Å². The Morgan fingerprint density at radius 2 is 1.70 bits per heavy atom. The summed E-state index contributed by atoms with van der Waals surface area (Å²) in [5, 5.41) is 0.986. The first kappa shape index (κ1) is 15.3. The normalized spacial score (nSPS) is 27.4. The van der Waals surface area contributed by atoms with Crippen molar-refractivity contribution in [2.75, 3.05) is 26.2 Å². The van der Waals surface area contributed by atoms with Gasteiger partial charge in [-0.3, -0.25) is 0 Å². The maximum Gasteiger partial charge on any atom is 0.410 e. The van der Waals surface area contributed by atoms with Gasteiger partial charge in [0, 0.05) is 31.6 Å². The second-order valence-corrected chi connectivity index (χ2v) is 8.31. The van der Waals surface area contributed by atoms with E-state index in [1.54, 1.807) is 4.90 Å². The predicted molar refractivity (Wildman–Crippen MR) is 75.5 cm³/mol. The van der Waals surface area contributed by atoms with Crippen LogP contribution in [0.1, 0.15) is 20.8 Å². The molecule has 0 aromatic carbocycles. The Kier molecular flexibility index (Phi) is 3.85. The van der Waals surface area contributed by atoms with Crippen LogP contribution in [0.2, 0.25) is 0 Å². The van der Waals surface area contributed by atoms with Crippen molar-refractivity contribution in [3.8, 4) is 0 Å². The van der Waals surface area contributed by atoms with Crippen molar-refractivity contribution < 1.29 is 17.9 Å². The molecule has 2 aliphatic rings. The van der Waals surface area contributed by atoms with Crippen LogP contribution in [0.15, 0.2) is 12.0 Å². The molecule has 2 rings (SSSR count). The number of hydrogen-bond donors (Lipinski definition) is 0. The average molecular weight is 302 g/mol. The number of rotatable bonds is 2. The van der Waals surface area contributed by atoms with Crippen molar-refractivity contribution in [2.45, 2.75) is 26.4 Å². The summed E-state index contributed by atoms with van der Waals surface area (Å²) in [6, 6.07) is 0. The van der Waals surface area contributed by atoms with E-state index in [1.807, 2.05) is 20.8 Å². The number of carbonyl (C=O) groups excluding carboxylic acids is 1. The third-order valence-electron chi connectivity index (χ3n) is 3.67. The van der Waals surface area contributed by atoms with Crippen LogP contribution < -0.4 is 0 Å². The molecular formula is C13H22N2O4S. The van der Waals surface area contributed by atoms with E-state index in [4.69, 9.17) is 4.74 Å². The van der Waals surface area contributed by atoms with Gasteiger partial charge in [-0.2, -0.15) is 4.31 Å². The molecule has 0 aliphatic carbocycles. The molecule has 2 saturated heterocycles. The number of likely N-dealkylation sites (tertiary alicyclic amines) is 1. The number of sulfonamides is 1. The molecule has 20 heavy (non-hydrogen) atoms. The van der Waals surface area contributed by atoms with Crippen molar-refractivity contribution in [1.29, 1.82) is 0 Å². The fourth-order valence-corrected chi connectivity index (χ4v) is 3.75. The van der Waals surface area contributed by atoms with Crippen LogP contribution in [0.4, 0.5) is 4.79 Å². The Morgan fingerprint density at radius 1 is 1.20 bits per heavy atom. The lowest BCUT2D eigenvalue weighted by Crippen LogP contribution is -2.38. The van der Waals surface area contributed by atoms with E-state index in [0.29, 0.717) is 26.2 Å². The number of hydrogen-bond acceptors (Lipinski definition) is 4. The molecule has 7 heteroatoms. The summed E-state index contributed by atoms with van der Waals surface area (Å²) in [5.74, 6) is 0.384. The fraction of sp³-hybridized carbons (Fsp3) is 0.769. The quantitative estimate of drug-likeness (QED) is 0.770. The minimum absolute atomic E-state index is 0.192. The molecular weight excluding hydrogens is 280 g/mol. The van der Waals surface area contributed by atoms with Crippen LogP contribution in [0.3, 0.4) is 0 Å². The standard InChI is InChI=1S/C13H22N2O4S/c1-5-20(17,18)15-8-10-6-14(7-11(10)9-15)12(16)19-13(2,3)4/h5,10-11H,1,6-9H2,2-4H3. The van der Waals surface area contributed by atoms with E-state index < -0.39 is 15.6 Å². The smallest absolute Gasteiger partial charge is 0.410 e. The van der Waals surface area contributed by atoms with Crippen molar-refractivity contribution in [3.05, 3.63) is 12.0 Å². The van der Waals surface area contributed by atoms with Gasteiger partial charge in [0.2, 0.25) is 10.0 Å². The van der Waals surface area contributed by atoms with Crippen LogP contribution in [0, 0.1) is 11.8 Å². The van der Waals surface area contributed by atoms with Gasteiger partial charge in [0.1, 0.15) is 5.60 Å². The summed E-state index contributed by atoms with van der Waals surface area (Å²) in [4.78, 5) is 13.7. The minimum atomic E-state index is -3.34. The highest BCUT2D eigenvalue weighted by Crippen LogP contribution is 2.33. The van der Waals surface area contributed by atoms with Gasteiger partial charge in [0.05, 0.1) is 0 Å². The molecule has 2 aliphatic heterocycles. The van der Waals surface area contributed by atoms with E-state index in [2.05, 4.69) is 6.58 Å². The first-order valence-electron chi connectivity index (χ1n) is 6.73. The Hall–Kier alpha value is -1.08. The Labute approximate surface area is 120 Å². The summed E-state index contributed by atoms with van der Waals surface area (Å²) < 4.78 is 30.3. The third kappa shape index (κ3) is 3.15. The molecule has 0 spiro atoms. The molecule has 2 atom stereocenters. The molecule has 0 saturated carbocycles. The maximum absolute atomic E-state index is 12.0. The van der Waals surface area contributed by atoms with Gasteiger partial charge in [-0.05, 0) is 32.6 Å². The van der Waals surface area contributed by atoms with E-state index in [0.717, 1.165) is 5.41 Å². The molecule has 0 aromatic rings. The van der Waals surface area contributed by atoms with E-state index in [9.17, 15) is 13.2 Å². The number of carbonyl (C=O) groups is 1. The molecule has 0 radical (unpaired) electrons. The molecule has 0 bridgehead atoms. The molecule has 1 amide bonds. The lowest BCUT2D eigenvalue weighted by atomic mass is 10.0. The third-order valence-corrected chi connectivity index (χ3v) is 5.11. The number of fused-ring (bicyclic) bond motifs is 1. The summed E-state index contributed by atoms with van der Waals surface area (Å²) in [6.07, 6.45) is -0.315. The van der Waals surface area contributed by atoms with Crippen LogP contribution in [0.25, 0.3) is 0 Å². The Balaban J connectivity index is 1.95. The van der Waals surface area contributed by atoms with Gasteiger partial charge in [0.15, 0.2) is 0 Å². The SMILES string of the molecule is C=CS(=O)(=O)N1CC2CN(C(=O)OC(C)(C)C)CC2C1. The van der Waals surface area contributed by atoms with Crippen molar-refractivity contribution in [3.63, 3.8) is 0 Å². The number of ether oxygens (including phenoxy) is 1. The molecule has 2 unspecified atom stereocenters. The summed E-state index contributed by atoms with van der Waals surface area (Å²) in [5.41, 5.74) is -0.507. The van der Waals surface area contributed by atoms with E-state index in [1.165, 1.54) is 4.31 Å². The highest BCUT2D eigenvalue weighted by molar-refractivity contribution is 7.92. The average Bonchev–Trinajstić information content (AvgIpc) is 2.83. The van der Waals surface area contributed by atoms with E-state index in [-0.39, 0.29) is 17.9 Å². The summed E-state index contributed by atoms with van der Waals surface area (Å²) in [7, 11) is -3.34. The molecule has 2 heterocycles. The minimum Gasteiger partial charge on any atom is -0.444 e. The Morgan fingerprint density at radius 3 is 2.10 bits per heavy atom. The molecule has 114 valence electrons. The van der Waals surface area contributed by atoms with Gasteiger partial charge in [-0.1, -0.05) is 6.58 Å².